The lowest BCUT2D eigenvalue weighted by molar-refractivity contribution is -0.116. The van der Waals surface area contributed by atoms with E-state index in [0.717, 1.165) is 0 Å². The van der Waals surface area contributed by atoms with Gasteiger partial charge in [0.25, 0.3) is 5.56 Å². The SMILES string of the molecule is CC(=O)c1ccc(NC(=O)CCCCn2ccc(=O)[nH]c2=O)cc1O. The molecule has 0 aliphatic rings. The highest BCUT2D eigenvalue weighted by Crippen LogP contribution is 2.22. The second-order valence-electron chi connectivity index (χ2n) is 5.60. The van der Waals surface area contributed by atoms with Gasteiger partial charge in [0.1, 0.15) is 5.75 Å². The molecule has 0 aliphatic carbocycles. The number of hydrogen-bond donors (Lipinski definition) is 3. The fourth-order valence-electron chi connectivity index (χ4n) is 2.32. The Balaban J connectivity index is 1.81. The monoisotopic (exact) mass is 345 g/mol. The number of amides is 1. The number of ketones is 1. The topological polar surface area (TPSA) is 121 Å². The molecule has 132 valence electrons. The van der Waals surface area contributed by atoms with Crippen molar-refractivity contribution < 1.29 is 14.7 Å². The van der Waals surface area contributed by atoms with Gasteiger partial charge in [0.2, 0.25) is 5.91 Å². The Kier molecular flexibility index (Phi) is 5.89. The largest absolute Gasteiger partial charge is 0.507 e. The van der Waals surface area contributed by atoms with Crippen LogP contribution in [0.5, 0.6) is 5.75 Å². The Morgan fingerprint density at radius 2 is 1.96 bits per heavy atom. The van der Waals surface area contributed by atoms with Crippen molar-refractivity contribution in [2.45, 2.75) is 32.7 Å². The molecule has 8 nitrogen and oxygen atoms in total. The van der Waals surface area contributed by atoms with E-state index in [2.05, 4.69) is 10.3 Å². The summed E-state index contributed by atoms with van der Waals surface area (Å²) in [4.78, 5) is 47.8. The maximum absolute atomic E-state index is 11.9. The number of aromatic amines is 1. The van der Waals surface area contributed by atoms with Gasteiger partial charge in [-0.15, -0.1) is 0 Å². The zero-order valence-electron chi connectivity index (χ0n) is 13.7. The lowest BCUT2D eigenvalue weighted by Crippen LogP contribution is -2.28. The van der Waals surface area contributed by atoms with Crippen molar-refractivity contribution in [1.82, 2.24) is 9.55 Å². The van der Waals surface area contributed by atoms with Gasteiger partial charge in [-0.1, -0.05) is 0 Å². The van der Waals surface area contributed by atoms with Crippen LogP contribution in [0.15, 0.2) is 40.1 Å². The number of aromatic nitrogens is 2. The van der Waals surface area contributed by atoms with Crippen LogP contribution >= 0.6 is 0 Å². The first-order valence-corrected chi connectivity index (χ1v) is 7.80. The van der Waals surface area contributed by atoms with Gasteiger partial charge in [0.15, 0.2) is 5.78 Å². The summed E-state index contributed by atoms with van der Waals surface area (Å²) >= 11 is 0. The molecule has 25 heavy (non-hydrogen) atoms. The second-order valence-corrected chi connectivity index (χ2v) is 5.60. The highest BCUT2D eigenvalue weighted by molar-refractivity contribution is 5.98. The van der Waals surface area contributed by atoms with Gasteiger partial charge < -0.3 is 15.0 Å². The molecule has 1 amide bonds. The normalized spacial score (nSPS) is 10.4. The maximum Gasteiger partial charge on any atom is 0.328 e. The van der Waals surface area contributed by atoms with Gasteiger partial charge in [-0.2, -0.15) is 0 Å². The molecule has 0 aliphatic heterocycles. The van der Waals surface area contributed by atoms with E-state index in [1.54, 1.807) is 6.07 Å². The summed E-state index contributed by atoms with van der Waals surface area (Å²) in [5.74, 6) is -0.667. The Morgan fingerprint density at radius 1 is 1.20 bits per heavy atom. The van der Waals surface area contributed by atoms with Gasteiger partial charge >= 0.3 is 5.69 Å². The fraction of sp³-hybridized carbons (Fsp3) is 0.294. The quantitative estimate of drug-likeness (QED) is 0.515. The van der Waals surface area contributed by atoms with Crippen LogP contribution in [-0.4, -0.2) is 26.3 Å². The predicted molar refractivity (Wildman–Crippen MR) is 91.9 cm³/mol. The molecule has 2 rings (SSSR count). The van der Waals surface area contributed by atoms with E-state index in [1.807, 2.05) is 0 Å². The second kappa shape index (κ2) is 8.09. The van der Waals surface area contributed by atoms with E-state index in [1.165, 1.54) is 35.9 Å². The molecule has 0 atom stereocenters. The number of phenols is 1. The van der Waals surface area contributed by atoms with Crippen LogP contribution in [-0.2, 0) is 11.3 Å². The lowest BCUT2D eigenvalue weighted by atomic mass is 10.1. The molecule has 0 saturated heterocycles. The minimum absolute atomic E-state index is 0.178. The number of rotatable bonds is 7. The number of anilines is 1. The number of aromatic hydroxyl groups is 1. The van der Waals surface area contributed by atoms with Gasteiger partial charge in [0, 0.05) is 37.0 Å². The molecular weight excluding hydrogens is 326 g/mol. The molecule has 3 N–H and O–H groups in total. The van der Waals surface area contributed by atoms with Crippen molar-refractivity contribution in [1.29, 1.82) is 0 Å². The smallest absolute Gasteiger partial charge is 0.328 e. The summed E-state index contributed by atoms with van der Waals surface area (Å²) < 4.78 is 1.37. The Labute approximate surface area is 143 Å². The van der Waals surface area contributed by atoms with E-state index >= 15 is 0 Å². The fourth-order valence-corrected chi connectivity index (χ4v) is 2.32. The number of aryl methyl sites for hydroxylation is 1. The molecule has 0 fully saturated rings. The third-order valence-corrected chi connectivity index (χ3v) is 3.61. The number of carbonyl (C=O) groups is 2. The Morgan fingerprint density at radius 3 is 2.60 bits per heavy atom. The van der Waals surface area contributed by atoms with Crippen molar-refractivity contribution in [3.05, 3.63) is 56.9 Å². The minimum Gasteiger partial charge on any atom is -0.507 e. The molecule has 1 aromatic carbocycles. The van der Waals surface area contributed by atoms with Crippen molar-refractivity contribution in [3.8, 4) is 5.75 Å². The summed E-state index contributed by atoms with van der Waals surface area (Å²) in [5, 5.41) is 12.4. The van der Waals surface area contributed by atoms with Crippen molar-refractivity contribution >= 4 is 17.4 Å². The number of unbranched alkanes of at least 4 members (excludes halogenated alkanes) is 1. The zero-order chi connectivity index (χ0) is 18.4. The Hall–Kier alpha value is -3.16. The van der Waals surface area contributed by atoms with Crippen LogP contribution in [0.4, 0.5) is 5.69 Å². The number of benzene rings is 1. The van der Waals surface area contributed by atoms with Crippen LogP contribution < -0.4 is 16.6 Å². The van der Waals surface area contributed by atoms with Crippen LogP contribution in [0, 0.1) is 0 Å². The van der Waals surface area contributed by atoms with E-state index in [-0.39, 0.29) is 29.4 Å². The minimum atomic E-state index is -0.474. The molecule has 2 aromatic rings. The third-order valence-electron chi connectivity index (χ3n) is 3.61. The molecule has 0 saturated carbocycles. The first kappa shape index (κ1) is 18.2. The Bertz CT molecular complexity index is 898. The van der Waals surface area contributed by atoms with Crippen LogP contribution in [0.3, 0.4) is 0 Å². The number of hydrogen-bond acceptors (Lipinski definition) is 5. The maximum atomic E-state index is 11.9. The summed E-state index contributed by atoms with van der Waals surface area (Å²) in [6, 6.07) is 5.60. The van der Waals surface area contributed by atoms with Gasteiger partial charge in [0.05, 0.1) is 5.56 Å². The van der Waals surface area contributed by atoms with Gasteiger partial charge in [-0.25, -0.2) is 4.79 Å². The molecule has 1 aromatic heterocycles. The molecular formula is C17H19N3O5. The summed E-state index contributed by atoms with van der Waals surface area (Å²) in [6.07, 6.45) is 2.80. The number of H-pyrrole nitrogens is 1. The van der Waals surface area contributed by atoms with E-state index < -0.39 is 11.2 Å². The lowest BCUT2D eigenvalue weighted by Gasteiger charge is -2.08. The molecule has 0 radical (unpaired) electrons. The summed E-state index contributed by atoms with van der Waals surface area (Å²) in [7, 11) is 0. The van der Waals surface area contributed by atoms with Gasteiger partial charge in [-0.05, 0) is 31.9 Å². The highest BCUT2D eigenvalue weighted by Gasteiger charge is 2.09. The van der Waals surface area contributed by atoms with Crippen molar-refractivity contribution in [3.63, 3.8) is 0 Å². The van der Waals surface area contributed by atoms with Crippen molar-refractivity contribution in [2.75, 3.05) is 5.32 Å². The first-order chi connectivity index (χ1) is 11.9. The zero-order valence-corrected chi connectivity index (χ0v) is 13.7. The third kappa shape index (κ3) is 5.17. The number of phenolic OH excluding ortho intramolecular Hbond substituents is 1. The van der Waals surface area contributed by atoms with Crippen LogP contribution in [0.25, 0.3) is 0 Å². The molecule has 8 heteroatoms. The highest BCUT2D eigenvalue weighted by atomic mass is 16.3. The number of Topliss-reactive ketones (excluding diaryl/α,β-unsaturated/α-hetero) is 1. The van der Waals surface area contributed by atoms with Gasteiger partial charge in [-0.3, -0.25) is 19.4 Å². The summed E-state index contributed by atoms with van der Waals surface area (Å²) in [5.41, 5.74) is -0.314. The number of carbonyl (C=O) groups excluding carboxylic acids is 2. The van der Waals surface area contributed by atoms with E-state index in [9.17, 15) is 24.3 Å². The standard InChI is InChI=1S/C17H19N3O5/c1-11(21)13-6-5-12(10-14(13)22)18-15(23)4-2-3-8-20-9-7-16(24)19-17(20)25/h5-7,9-10,22H,2-4,8H2,1H3,(H,18,23)(H,19,24,25). The van der Waals surface area contributed by atoms with Crippen molar-refractivity contribution in [2.24, 2.45) is 0 Å². The van der Waals surface area contributed by atoms with E-state index in [4.69, 9.17) is 0 Å². The molecule has 1 heterocycles. The molecule has 0 unspecified atom stereocenters. The number of nitrogens with one attached hydrogen (secondary N) is 2. The average molecular weight is 345 g/mol. The molecule has 0 spiro atoms. The van der Waals surface area contributed by atoms with E-state index in [0.29, 0.717) is 25.1 Å². The first-order valence-electron chi connectivity index (χ1n) is 7.80. The number of nitrogens with zero attached hydrogens (tertiary/aromatic N) is 1. The predicted octanol–water partition coefficient (Wildman–Crippen LogP) is 1.25. The van der Waals surface area contributed by atoms with Crippen LogP contribution in [0.1, 0.15) is 36.5 Å². The summed E-state index contributed by atoms with van der Waals surface area (Å²) in [6.45, 7) is 1.75. The van der Waals surface area contributed by atoms with Crippen LogP contribution in [0.2, 0.25) is 0 Å². The molecule has 0 bridgehead atoms. The average Bonchev–Trinajstić information content (AvgIpc) is 2.53.